The lowest BCUT2D eigenvalue weighted by atomic mass is 9.82. The Morgan fingerprint density at radius 2 is 1.19 bits per heavy atom. The van der Waals surface area contributed by atoms with Gasteiger partial charge in [0.05, 0.1) is 28.7 Å². The minimum absolute atomic E-state index is 0.0393. The molecule has 9 rings (SSSR count). The van der Waals surface area contributed by atoms with E-state index in [-0.39, 0.29) is 17.8 Å². The Bertz CT molecular complexity index is 2610. The molecular formula is C44H30FN3. The van der Waals surface area contributed by atoms with E-state index in [1.807, 2.05) is 18.2 Å². The summed E-state index contributed by atoms with van der Waals surface area (Å²) in [5.74, 6) is -0.355. The van der Waals surface area contributed by atoms with Crippen molar-refractivity contribution < 1.29 is 4.39 Å². The molecule has 2 unspecified atom stereocenters. The Hall–Kier alpha value is -6.18. The Morgan fingerprint density at radius 1 is 0.583 bits per heavy atom. The average molecular weight is 620 g/mol. The Morgan fingerprint density at radius 3 is 1.88 bits per heavy atom. The molecule has 2 atom stereocenters. The predicted molar refractivity (Wildman–Crippen MR) is 195 cm³/mol. The molecule has 0 radical (unpaired) electrons. The topological polar surface area (TPSA) is 33.6 Å². The van der Waals surface area contributed by atoms with Crippen LogP contribution in [0.2, 0.25) is 0 Å². The summed E-state index contributed by atoms with van der Waals surface area (Å²) in [7, 11) is 0. The SMILES string of the molecule is CC1C(c2cc(F)cc(-n3c4ccccc4c4cc(-c5ccccc5)ccc43)c2)=CC(C#N)=CC1n1c2ccccc2c2ccccc21. The van der Waals surface area contributed by atoms with E-state index in [9.17, 15) is 5.26 Å². The van der Waals surface area contributed by atoms with Gasteiger partial charge in [0, 0.05) is 44.2 Å². The van der Waals surface area contributed by atoms with E-state index < -0.39 is 0 Å². The number of halogens is 1. The molecule has 4 heteroatoms. The molecule has 0 saturated heterocycles. The first kappa shape index (κ1) is 28.1. The van der Waals surface area contributed by atoms with Crippen LogP contribution in [0.5, 0.6) is 0 Å². The highest BCUT2D eigenvalue weighted by atomic mass is 19.1. The molecule has 2 aromatic heterocycles. The molecule has 0 bridgehead atoms. The van der Waals surface area contributed by atoms with Gasteiger partial charge in [0.15, 0.2) is 0 Å². The minimum atomic E-state index is -0.316. The third-order valence-electron chi connectivity index (χ3n) is 9.96. The second-order valence-electron chi connectivity index (χ2n) is 12.7. The number of hydrogen-bond donors (Lipinski definition) is 0. The Balaban J connectivity index is 1.21. The van der Waals surface area contributed by atoms with Gasteiger partial charge in [-0.1, -0.05) is 97.9 Å². The first-order valence-electron chi connectivity index (χ1n) is 16.3. The van der Waals surface area contributed by atoms with E-state index in [4.69, 9.17) is 0 Å². The molecule has 0 fully saturated rings. The van der Waals surface area contributed by atoms with Crippen LogP contribution in [-0.2, 0) is 0 Å². The number of aromatic nitrogens is 2. The zero-order chi connectivity index (χ0) is 32.4. The molecule has 228 valence electrons. The zero-order valence-electron chi connectivity index (χ0n) is 26.3. The number of rotatable bonds is 4. The summed E-state index contributed by atoms with van der Waals surface area (Å²) in [6.45, 7) is 2.18. The lowest BCUT2D eigenvalue weighted by Gasteiger charge is -2.30. The van der Waals surface area contributed by atoms with Gasteiger partial charge in [-0.3, -0.25) is 0 Å². The van der Waals surface area contributed by atoms with Crippen molar-refractivity contribution in [2.45, 2.75) is 13.0 Å². The van der Waals surface area contributed by atoms with Gasteiger partial charge >= 0.3 is 0 Å². The average Bonchev–Trinajstić information content (AvgIpc) is 3.64. The predicted octanol–water partition coefficient (Wildman–Crippen LogP) is 11.4. The first-order chi connectivity index (χ1) is 23.6. The highest BCUT2D eigenvalue weighted by Gasteiger charge is 2.29. The molecule has 1 aliphatic carbocycles. The van der Waals surface area contributed by atoms with Gasteiger partial charge in [-0.25, -0.2) is 4.39 Å². The van der Waals surface area contributed by atoms with E-state index in [1.54, 1.807) is 12.1 Å². The molecule has 1 aliphatic rings. The molecule has 0 saturated carbocycles. The lowest BCUT2D eigenvalue weighted by Crippen LogP contribution is -2.20. The quantitative estimate of drug-likeness (QED) is 0.193. The van der Waals surface area contributed by atoms with E-state index in [0.717, 1.165) is 60.8 Å². The highest BCUT2D eigenvalue weighted by molar-refractivity contribution is 6.11. The number of benzene rings is 6. The summed E-state index contributed by atoms with van der Waals surface area (Å²) in [5.41, 5.74) is 9.59. The molecule has 0 N–H and O–H groups in total. The summed E-state index contributed by atoms with van der Waals surface area (Å²) >= 11 is 0. The molecule has 2 heterocycles. The van der Waals surface area contributed by atoms with Crippen molar-refractivity contribution in [2.24, 2.45) is 5.92 Å². The molecular weight excluding hydrogens is 590 g/mol. The smallest absolute Gasteiger partial charge is 0.125 e. The molecule has 0 amide bonds. The maximum Gasteiger partial charge on any atom is 0.125 e. The van der Waals surface area contributed by atoms with E-state index in [0.29, 0.717) is 5.57 Å². The maximum absolute atomic E-state index is 15.8. The van der Waals surface area contributed by atoms with Crippen molar-refractivity contribution in [3.63, 3.8) is 0 Å². The number of nitrogens with zero attached hydrogens (tertiary/aromatic N) is 3. The summed E-state index contributed by atoms with van der Waals surface area (Å²) in [5, 5.41) is 14.8. The Kier molecular flexibility index (Phi) is 6.42. The minimum Gasteiger partial charge on any atom is -0.333 e. The fourth-order valence-corrected chi connectivity index (χ4v) is 7.78. The van der Waals surface area contributed by atoms with Crippen molar-refractivity contribution >= 4 is 49.2 Å². The monoisotopic (exact) mass is 619 g/mol. The molecule has 0 spiro atoms. The van der Waals surface area contributed by atoms with Gasteiger partial charge in [0.2, 0.25) is 0 Å². The zero-order valence-corrected chi connectivity index (χ0v) is 26.3. The third kappa shape index (κ3) is 4.32. The number of nitriles is 1. The van der Waals surface area contributed by atoms with Crippen LogP contribution in [0.4, 0.5) is 4.39 Å². The van der Waals surface area contributed by atoms with Gasteiger partial charge in [0.25, 0.3) is 0 Å². The summed E-state index contributed by atoms with van der Waals surface area (Å²) in [6, 6.07) is 49.6. The Labute approximate surface area is 277 Å². The first-order valence-corrected chi connectivity index (χ1v) is 16.3. The molecule has 6 aromatic carbocycles. The molecule has 3 nitrogen and oxygen atoms in total. The second-order valence-corrected chi connectivity index (χ2v) is 12.7. The van der Waals surface area contributed by atoms with E-state index in [1.165, 1.54) is 10.8 Å². The standard InChI is InChI=1S/C44H30FN3/c1-28-38(21-29(27-46)22-44(28)48-41-17-9-5-13-35(41)36-14-6-10-18-42(36)48)32-23-33(45)26-34(24-32)47-40-16-8-7-15-37(40)39-25-31(19-20-43(39)47)30-11-3-2-4-12-30/h2-26,28,44H,1H3. The van der Waals surface area contributed by atoms with Crippen LogP contribution in [0.25, 0.3) is 66.0 Å². The highest BCUT2D eigenvalue weighted by Crippen LogP contribution is 2.44. The van der Waals surface area contributed by atoms with Crippen LogP contribution in [0.3, 0.4) is 0 Å². The number of allylic oxidation sites excluding steroid dienone is 4. The van der Waals surface area contributed by atoms with Crippen molar-refractivity contribution in [3.05, 3.63) is 169 Å². The van der Waals surface area contributed by atoms with Crippen molar-refractivity contribution in [1.82, 2.24) is 9.13 Å². The summed E-state index contributed by atoms with van der Waals surface area (Å²) in [4.78, 5) is 0. The summed E-state index contributed by atoms with van der Waals surface area (Å²) in [6.07, 6.45) is 4.00. The van der Waals surface area contributed by atoms with Gasteiger partial charge < -0.3 is 9.13 Å². The van der Waals surface area contributed by atoms with Crippen molar-refractivity contribution in [3.8, 4) is 22.9 Å². The lowest BCUT2D eigenvalue weighted by molar-refractivity contribution is 0.520. The van der Waals surface area contributed by atoms with Crippen LogP contribution in [0.1, 0.15) is 18.5 Å². The normalized spacial score (nSPS) is 16.4. The van der Waals surface area contributed by atoms with Gasteiger partial charge in [-0.05, 0) is 82.9 Å². The fourth-order valence-electron chi connectivity index (χ4n) is 7.78. The second kappa shape index (κ2) is 11.0. The van der Waals surface area contributed by atoms with Crippen LogP contribution in [0.15, 0.2) is 157 Å². The third-order valence-corrected chi connectivity index (χ3v) is 9.96. The summed E-state index contributed by atoms with van der Waals surface area (Å²) < 4.78 is 20.3. The van der Waals surface area contributed by atoms with Gasteiger partial charge in [-0.2, -0.15) is 5.26 Å². The number of hydrogen-bond acceptors (Lipinski definition) is 1. The molecule has 0 aliphatic heterocycles. The van der Waals surface area contributed by atoms with Crippen LogP contribution in [0, 0.1) is 23.1 Å². The number of fused-ring (bicyclic) bond motifs is 6. The van der Waals surface area contributed by atoms with Crippen LogP contribution >= 0.6 is 0 Å². The fraction of sp³-hybridized carbons (Fsp3) is 0.0682. The van der Waals surface area contributed by atoms with E-state index >= 15 is 4.39 Å². The van der Waals surface area contributed by atoms with Crippen LogP contribution in [-0.4, -0.2) is 9.13 Å². The van der Waals surface area contributed by atoms with Crippen molar-refractivity contribution in [2.75, 3.05) is 0 Å². The van der Waals surface area contributed by atoms with Crippen molar-refractivity contribution in [1.29, 1.82) is 5.26 Å². The van der Waals surface area contributed by atoms with E-state index in [2.05, 4.69) is 143 Å². The maximum atomic E-state index is 15.8. The van der Waals surface area contributed by atoms with Crippen LogP contribution < -0.4 is 0 Å². The molecule has 48 heavy (non-hydrogen) atoms. The van der Waals surface area contributed by atoms with Gasteiger partial charge in [-0.15, -0.1) is 0 Å². The van der Waals surface area contributed by atoms with Gasteiger partial charge in [0.1, 0.15) is 5.82 Å². The number of para-hydroxylation sites is 3. The molecule has 8 aromatic rings. The largest absolute Gasteiger partial charge is 0.333 e.